The summed E-state index contributed by atoms with van der Waals surface area (Å²) in [7, 11) is 0. The monoisotopic (exact) mass is 496 g/mol. The molecule has 0 aliphatic rings. The van der Waals surface area contributed by atoms with Gasteiger partial charge in [-0.1, -0.05) is 121 Å². The second-order valence-corrected chi connectivity index (χ2v) is 10.1. The summed E-state index contributed by atoms with van der Waals surface area (Å²) in [5, 5.41) is 7.32. The van der Waals surface area contributed by atoms with Gasteiger partial charge in [0.05, 0.1) is 0 Å². The smallest absolute Gasteiger partial charge is 0.135 e. The molecule has 1 aromatic heterocycles. The predicted octanol–water partition coefficient (Wildman–Crippen LogP) is 10.9. The minimum Gasteiger partial charge on any atom is -0.456 e. The first-order valence-electron chi connectivity index (χ1n) is 13.4. The molecular formula is C38H24O. The van der Waals surface area contributed by atoms with Crippen LogP contribution in [0.2, 0.25) is 0 Å². The van der Waals surface area contributed by atoms with Crippen LogP contribution in [0.5, 0.6) is 0 Å². The topological polar surface area (TPSA) is 13.1 Å². The van der Waals surface area contributed by atoms with Crippen LogP contribution < -0.4 is 0 Å². The predicted molar refractivity (Wildman–Crippen MR) is 165 cm³/mol. The fourth-order valence-electron chi connectivity index (χ4n) is 6.12. The summed E-state index contributed by atoms with van der Waals surface area (Å²) in [6.45, 7) is 0. The molecule has 8 rings (SSSR count). The van der Waals surface area contributed by atoms with E-state index in [4.69, 9.17) is 4.42 Å². The molecule has 1 heterocycles. The van der Waals surface area contributed by atoms with E-state index in [-0.39, 0.29) is 0 Å². The van der Waals surface area contributed by atoms with Crippen molar-refractivity contribution in [1.82, 2.24) is 0 Å². The van der Waals surface area contributed by atoms with E-state index in [0.717, 1.165) is 21.9 Å². The van der Waals surface area contributed by atoms with Crippen molar-refractivity contribution in [3.63, 3.8) is 0 Å². The summed E-state index contributed by atoms with van der Waals surface area (Å²) >= 11 is 0. The summed E-state index contributed by atoms with van der Waals surface area (Å²) in [5.74, 6) is 0. The zero-order chi connectivity index (χ0) is 25.8. The van der Waals surface area contributed by atoms with Crippen LogP contribution in [0.4, 0.5) is 0 Å². The Morgan fingerprint density at radius 1 is 0.282 bits per heavy atom. The molecule has 1 heteroatoms. The molecule has 0 aliphatic heterocycles. The zero-order valence-corrected chi connectivity index (χ0v) is 21.3. The Balaban J connectivity index is 1.44. The van der Waals surface area contributed by atoms with Gasteiger partial charge in [-0.25, -0.2) is 0 Å². The molecule has 7 aromatic carbocycles. The van der Waals surface area contributed by atoms with E-state index < -0.39 is 0 Å². The molecule has 0 fully saturated rings. The second kappa shape index (κ2) is 8.72. The molecule has 0 radical (unpaired) electrons. The Morgan fingerprint density at radius 2 is 0.769 bits per heavy atom. The van der Waals surface area contributed by atoms with Gasteiger partial charge in [-0.05, 0) is 79.2 Å². The molecule has 0 saturated carbocycles. The molecule has 0 atom stereocenters. The first kappa shape index (κ1) is 21.9. The molecule has 0 saturated heterocycles. The highest BCUT2D eigenvalue weighted by atomic mass is 16.3. The fourth-order valence-corrected chi connectivity index (χ4v) is 6.12. The maximum atomic E-state index is 6.14. The fraction of sp³-hybridized carbons (Fsp3) is 0. The van der Waals surface area contributed by atoms with Crippen molar-refractivity contribution < 1.29 is 4.42 Å². The quantitative estimate of drug-likeness (QED) is 0.222. The van der Waals surface area contributed by atoms with Gasteiger partial charge < -0.3 is 4.42 Å². The molecule has 0 amide bonds. The average molecular weight is 497 g/mol. The number of hydrogen-bond acceptors (Lipinski definition) is 1. The van der Waals surface area contributed by atoms with E-state index in [2.05, 4.69) is 133 Å². The Morgan fingerprint density at radius 3 is 1.44 bits per heavy atom. The van der Waals surface area contributed by atoms with Gasteiger partial charge in [0, 0.05) is 10.8 Å². The highest BCUT2D eigenvalue weighted by Gasteiger charge is 2.18. The Labute approximate surface area is 226 Å². The van der Waals surface area contributed by atoms with E-state index in [9.17, 15) is 0 Å². The van der Waals surface area contributed by atoms with Crippen LogP contribution in [0, 0.1) is 0 Å². The third kappa shape index (κ3) is 3.48. The summed E-state index contributed by atoms with van der Waals surface area (Å²) < 4.78 is 6.14. The molecule has 1 nitrogen and oxygen atoms in total. The van der Waals surface area contributed by atoms with E-state index in [1.54, 1.807) is 0 Å². The van der Waals surface area contributed by atoms with Crippen LogP contribution in [0.25, 0.3) is 76.9 Å². The minimum absolute atomic E-state index is 0.919. The van der Waals surface area contributed by atoms with Crippen molar-refractivity contribution in [1.29, 1.82) is 0 Å². The van der Waals surface area contributed by atoms with Crippen LogP contribution in [0.15, 0.2) is 150 Å². The van der Waals surface area contributed by atoms with Gasteiger partial charge in [0.1, 0.15) is 11.2 Å². The first-order chi connectivity index (χ1) is 19.3. The van der Waals surface area contributed by atoms with Crippen LogP contribution in [0.3, 0.4) is 0 Å². The van der Waals surface area contributed by atoms with Crippen LogP contribution in [-0.4, -0.2) is 0 Å². The Kier molecular flexibility index (Phi) is 4.89. The van der Waals surface area contributed by atoms with Crippen molar-refractivity contribution in [2.45, 2.75) is 0 Å². The van der Waals surface area contributed by atoms with Crippen LogP contribution in [0.1, 0.15) is 0 Å². The Bertz CT molecular complexity index is 2110. The SMILES string of the molecule is c1ccc(-c2cccc(-c3c4ccccc4c(-c4ccc5oc6ccccc6c5c4)c4ccccc34)c2)cc1. The van der Waals surface area contributed by atoms with Gasteiger partial charge in [0.15, 0.2) is 0 Å². The molecule has 182 valence electrons. The number of benzene rings is 7. The summed E-state index contributed by atoms with van der Waals surface area (Å²) in [5.41, 5.74) is 9.26. The molecule has 0 aliphatic carbocycles. The molecule has 0 spiro atoms. The molecular weight excluding hydrogens is 472 g/mol. The van der Waals surface area contributed by atoms with Crippen molar-refractivity contribution in [3.05, 3.63) is 146 Å². The lowest BCUT2D eigenvalue weighted by atomic mass is 9.85. The molecule has 8 aromatic rings. The zero-order valence-electron chi connectivity index (χ0n) is 21.3. The van der Waals surface area contributed by atoms with Gasteiger partial charge in [0.25, 0.3) is 0 Å². The summed E-state index contributed by atoms with van der Waals surface area (Å²) in [6, 6.07) is 52.1. The van der Waals surface area contributed by atoms with Crippen LogP contribution >= 0.6 is 0 Å². The highest BCUT2D eigenvalue weighted by Crippen LogP contribution is 2.45. The third-order valence-corrected chi connectivity index (χ3v) is 7.86. The number of fused-ring (bicyclic) bond motifs is 5. The molecule has 0 bridgehead atoms. The van der Waals surface area contributed by atoms with Gasteiger partial charge in [0.2, 0.25) is 0 Å². The highest BCUT2D eigenvalue weighted by molar-refractivity contribution is 6.22. The maximum absolute atomic E-state index is 6.14. The lowest BCUT2D eigenvalue weighted by Crippen LogP contribution is -1.91. The maximum Gasteiger partial charge on any atom is 0.135 e. The lowest BCUT2D eigenvalue weighted by molar-refractivity contribution is 0.669. The number of para-hydroxylation sites is 1. The van der Waals surface area contributed by atoms with Gasteiger partial charge in [-0.15, -0.1) is 0 Å². The van der Waals surface area contributed by atoms with Gasteiger partial charge in [-0.2, -0.15) is 0 Å². The number of furan rings is 1. The van der Waals surface area contributed by atoms with Crippen molar-refractivity contribution >= 4 is 43.5 Å². The summed E-state index contributed by atoms with van der Waals surface area (Å²) in [6.07, 6.45) is 0. The number of rotatable bonds is 3. The van der Waals surface area contributed by atoms with E-state index in [1.165, 1.54) is 54.9 Å². The lowest BCUT2D eigenvalue weighted by Gasteiger charge is -2.18. The molecule has 39 heavy (non-hydrogen) atoms. The normalized spacial score (nSPS) is 11.6. The standard InChI is InChI=1S/C38H24O/c1-2-11-25(12-3-1)26-13-10-14-27(23-26)37-30-16-4-6-18-32(30)38(33-19-7-5-17-31(33)37)28-21-22-36-34(24-28)29-15-8-9-20-35(29)39-36/h1-24H. The Hall–Kier alpha value is -5.14. The van der Waals surface area contributed by atoms with E-state index in [1.807, 2.05) is 12.1 Å². The van der Waals surface area contributed by atoms with Crippen molar-refractivity contribution in [2.24, 2.45) is 0 Å². The van der Waals surface area contributed by atoms with Crippen LogP contribution in [-0.2, 0) is 0 Å². The van der Waals surface area contributed by atoms with Crippen molar-refractivity contribution in [3.8, 4) is 33.4 Å². The third-order valence-electron chi connectivity index (χ3n) is 7.86. The van der Waals surface area contributed by atoms with Crippen molar-refractivity contribution in [2.75, 3.05) is 0 Å². The second-order valence-electron chi connectivity index (χ2n) is 10.1. The van der Waals surface area contributed by atoms with Gasteiger partial charge >= 0.3 is 0 Å². The molecule has 0 unspecified atom stereocenters. The average Bonchev–Trinajstić information content (AvgIpc) is 3.38. The molecule has 0 N–H and O–H groups in total. The first-order valence-corrected chi connectivity index (χ1v) is 13.4. The van der Waals surface area contributed by atoms with Gasteiger partial charge in [-0.3, -0.25) is 0 Å². The van der Waals surface area contributed by atoms with E-state index >= 15 is 0 Å². The minimum atomic E-state index is 0.919. The largest absolute Gasteiger partial charge is 0.456 e. The van der Waals surface area contributed by atoms with E-state index in [0.29, 0.717) is 0 Å². The summed E-state index contributed by atoms with van der Waals surface area (Å²) in [4.78, 5) is 0. The number of hydrogen-bond donors (Lipinski definition) is 0.